The number of hydrogen-bond donors (Lipinski definition) is 0. The van der Waals surface area contributed by atoms with E-state index in [0.717, 1.165) is 10.8 Å². The van der Waals surface area contributed by atoms with Gasteiger partial charge in [-0.3, -0.25) is 4.40 Å². The van der Waals surface area contributed by atoms with Crippen molar-refractivity contribution in [2.24, 2.45) is 0 Å². The summed E-state index contributed by atoms with van der Waals surface area (Å²) < 4.78 is 1.85. The maximum atomic E-state index is 3.96. The van der Waals surface area contributed by atoms with Crippen molar-refractivity contribution in [3.8, 4) is 0 Å². The Morgan fingerprint density at radius 3 is 3.18 bits per heavy atom. The largest absolute Gasteiger partial charge is 0.260 e. The molecule has 2 aromatic rings. The van der Waals surface area contributed by atoms with E-state index >= 15 is 0 Å². The number of rotatable bonds is 1. The van der Waals surface area contributed by atoms with E-state index < -0.39 is 0 Å². The maximum Gasteiger partial charge on any atom is 0.196 e. The lowest BCUT2D eigenvalue weighted by atomic mass is 10.6. The summed E-state index contributed by atoms with van der Waals surface area (Å²) in [7, 11) is 0. The molecule has 0 saturated heterocycles. The van der Waals surface area contributed by atoms with Crippen LogP contribution in [0, 0.1) is 0 Å². The zero-order valence-electron chi connectivity index (χ0n) is 5.93. The summed E-state index contributed by atoms with van der Waals surface area (Å²) in [6.45, 7) is 0. The van der Waals surface area contributed by atoms with Gasteiger partial charge in [0.1, 0.15) is 6.33 Å². The molecular weight excluding hydrogens is 160 g/mol. The molecule has 0 aromatic carbocycles. The Kier molecular flexibility index (Phi) is 1.50. The molecule has 5 heteroatoms. The van der Waals surface area contributed by atoms with E-state index in [1.165, 1.54) is 0 Å². The minimum atomic E-state index is 0.837. The van der Waals surface area contributed by atoms with Gasteiger partial charge < -0.3 is 0 Å². The van der Waals surface area contributed by atoms with Crippen LogP contribution in [-0.2, 0) is 0 Å². The molecule has 11 heavy (non-hydrogen) atoms. The molecule has 0 aliphatic heterocycles. The quantitative estimate of drug-likeness (QED) is 0.589. The van der Waals surface area contributed by atoms with Gasteiger partial charge in [-0.1, -0.05) is 11.8 Å². The molecular formula is C6H6N4S. The highest BCUT2D eigenvalue weighted by Crippen LogP contribution is 2.11. The van der Waals surface area contributed by atoms with Gasteiger partial charge in [0, 0.05) is 12.3 Å². The first-order valence-corrected chi connectivity index (χ1v) is 4.33. The average molecular weight is 166 g/mol. The molecule has 0 bridgehead atoms. The summed E-state index contributed by atoms with van der Waals surface area (Å²) in [5.74, 6) is 0. The Balaban J connectivity index is 2.76. The molecule has 2 heterocycles. The highest BCUT2D eigenvalue weighted by Gasteiger charge is 2.00. The predicted octanol–water partition coefficient (Wildman–Crippen LogP) is 0.846. The summed E-state index contributed by atoms with van der Waals surface area (Å²) in [6, 6.07) is 1.83. The molecule has 0 amide bonds. The van der Waals surface area contributed by atoms with Crippen LogP contribution in [0.4, 0.5) is 0 Å². The van der Waals surface area contributed by atoms with Gasteiger partial charge in [-0.05, 0) is 6.26 Å². The number of aromatic nitrogens is 4. The third kappa shape index (κ3) is 0.970. The summed E-state index contributed by atoms with van der Waals surface area (Å²) in [6.07, 6.45) is 5.37. The summed E-state index contributed by atoms with van der Waals surface area (Å²) in [5.41, 5.74) is 0.837. The van der Waals surface area contributed by atoms with Crippen LogP contribution >= 0.6 is 11.8 Å². The van der Waals surface area contributed by atoms with Crippen LogP contribution in [0.2, 0.25) is 0 Å². The highest BCUT2D eigenvalue weighted by atomic mass is 32.2. The minimum absolute atomic E-state index is 0.837. The molecule has 0 atom stereocenters. The lowest BCUT2D eigenvalue weighted by molar-refractivity contribution is 0.905. The Morgan fingerprint density at radius 2 is 2.36 bits per heavy atom. The lowest BCUT2D eigenvalue weighted by Gasteiger charge is -1.91. The Labute approximate surface area is 67.7 Å². The van der Waals surface area contributed by atoms with Gasteiger partial charge in [-0.15, -0.1) is 10.2 Å². The molecule has 0 unspecified atom stereocenters. The number of nitrogens with zero attached hydrogens (tertiary/aromatic N) is 4. The lowest BCUT2D eigenvalue weighted by Crippen LogP contribution is -1.86. The fraction of sp³-hybridized carbons (Fsp3) is 0.167. The number of thioether (sulfide) groups is 1. The predicted molar refractivity (Wildman–Crippen MR) is 42.6 cm³/mol. The third-order valence-corrected chi connectivity index (χ3v) is 2.01. The van der Waals surface area contributed by atoms with Crippen LogP contribution in [0.3, 0.4) is 0 Å². The third-order valence-electron chi connectivity index (χ3n) is 1.37. The Bertz CT molecular complexity index is 369. The van der Waals surface area contributed by atoms with Gasteiger partial charge in [0.25, 0.3) is 0 Å². The highest BCUT2D eigenvalue weighted by molar-refractivity contribution is 7.98. The van der Waals surface area contributed by atoms with Crippen molar-refractivity contribution in [1.29, 1.82) is 0 Å². The molecule has 0 radical (unpaired) electrons. The maximum absolute atomic E-state index is 3.96. The van der Waals surface area contributed by atoms with E-state index in [-0.39, 0.29) is 0 Å². The van der Waals surface area contributed by atoms with Gasteiger partial charge in [0.15, 0.2) is 10.8 Å². The second-order valence-electron chi connectivity index (χ2n) is 2.00. The standard InChI is InChI=1S/C6H6N4S/c1-11-6-9-8-5-2-3-7-4-10(5)6/h2-4H,1H3. The second-order valence-corrected chi connectivity index (χ2v) is 2.77. The second kappa shape index (κ2) is 2.50. The van der Waals surface area contributed by atoms with E-state index in [4.69, 9.17) is 0 Å². The molecule has 2 aromatic heterocycles. The Morgan fingerprint density at radius 1 is 1.45 bits per heavy atom. The fourth-order valence-electron chi connectivity index (χ4n) is 0.865. The zero-order valence-corrected chi connectivity index (χ0v) is 6.75. The van der Waals surface area contributed by atoms with Crippen LogP contribution in [0.1, 0.15) is 0 Å². The first-order chi connectivity index (χ1) is 5.42. The zero-order chi connectivity index (χ0) is 7.68. The van der Waals surface area contributed by atoms with E-state index in [9.17, 15) is 0 Å². The molecule has 0 aliphatic rings. The summed E-state index contributed by atoms with van der Waals surface area (Å²) in [4.78, 5) is 3.96. The molecule has 0 saturated carbocycles. The van der Waals surface area contributed by atoms with Gasteiger partial charge >= 0.3 is 0 Å². The van der Waals surface area contributed by atoms with Crippen molar-refractivity contribution in [1.82, 2.24) is 19.6 Å². The first-order valence-electron chi connectivity index (χ1n) is 3.10. The van der Waals surface area contributed by atoms with E-state index in [1.807, 2.05) is 16.7 Å². The molecule has 0 N–H and O–H groups in total. The van der Waals surface area contributed by atoms with Gasteiger partial charge in [0.2, 0.25) is 0 Å². The van der Waals surface area contributed by atoms with Crippen LogP contribution in [0.5, 0.6) is 0 Å². The SMILES string of the molecule is CSc1nnc2ccncn12. The van der Waals surface area contributed by atoms with Crippen LogP contribution in [0.25, 0.3) is 5.65 Å². The van der Waals surface area contributed by atoms with Gasteiger partial charge in [0.05, 0.1) is 0 Å². The van der Waals surface area contributed by atoms with Gasteiger partial charge in [-0.25, -0.2) is 4.98 Å². The van der Waals surface area contributed by atoms with E-state index in [2.05, 4.69) is 15.2 Å². The van der Waals surface area contributed by atoms with E-state index in [1.54, 1.807) is 24.3 Å². The number of hydrogen-bond acceptors (Lipinski definition) is 4. The van der Waals surface area contributed by atoms with Crippen molar-refractivity contribution in [2.75, 3.05) is 6.26 Å². The molecule has 2 rings (SSSR count). The fourth-order valence-corrected chi connectivity index (χ4v) is 1.32. The smallest absolute Gasteiger partial charge is 0.196 e. The van der Waals surface area contributed by atoms with Crippen molar-refractivity contribution in [2.45, 2.75) is 5.16 Å². The van der Waals surface area contributed by atoms with Crippen LogP contribution in [0.15, 0.2) is 23.7 Å². The number of fused-ring (bicyclic) bond motifs is 1. The topological polar surface area (TPSA) is 43.1 Å². The summed E-state index contributed by atoms with van der Waals surface area (Å²) in [5, 5.41) is 8.76. The normalized spacial score (nSPS) is 10.6. The molecule has 0 aliphatic carbocycles. The molecule has 56 valence electrons. The monoisotopic (exact) mass is 166 g/mol. The minimum Gasteiger partial charge on any atom is -0.260 e. The van der Waals surface area contributed by atoms with Crippen molar-refractivity contribution in [3.05, 3.63) is 18.6 Å². The van der Waals surface area contributed by atoms with Gasteiger partial charge in [-0.2, -0.15) is 0 Å². The van der Waals surface area contributed by atoms with Crippen molar-refractivity contribution in [3.63, 3.8) is 0 Å². The van der Waals surface area contributed by atoms with Crippen molar-refractivity contribution >= 4 is 17.4 Å². The first kappa shape index (κ1) is 6.60. The summed E-state index contributed by atoms with van der Waals surface area (Å²) >= 11 is 1.55. The molecule has 0 spiro atoms. The van der Waals surface area contributed by atoms with E-state index in [0.29, 0.717) is 0 Å². The van der Waals surface area contributed by atoms with Crippen LogP contribution < -0.4 is 0 Å². The van der Waals surface area contributed by atoms with Crippen LogP contribution in [-0.4, -0.2) is 25.8 Å². The average Bonchev–Trinajstić information content (AvgIpc) is 2.47. The Hall–Kier alpha value is -1.10. The van der Waals surface area contributed by atoms with Crippen molar-refractivity contribution < 1.29 is 0 Å². The molecule has 4 nitrogen and oxygen atoms in total. The molecule has 0 fully saturated rings.